The van der Waals surface area contributed by atoms with Gasteiger partial charge in [0.15, 0.2) is 0 Å². The van der Waals surface area contributed by atoms with E-state index in [9.17, 15) is 15.0 Å². The van der Waals surface area contributed by atoms with Crippen molar-refractivity contribution in [1.82, 2.24) is 4.57 Å². The van der Waals surface area contributed by atoms with Crippen LogP contribution in [0, 0.1) is 0 Å². The number of fused-ring (bicyclic) bond motifs is 1. The third-order valence-electron chi connectivity index (χ3n) is 5.15. The van der Waals surface area contributed by atoms with Gasteiger partial charge in [0.2, 0.25) is 0 Å². The normalized spacial score (nSPS) is 13.2. The standard InChI is InChI=1S/C22H21NO4/c1-27-21-9-5-3-7-16(21)19-12-14-6-2-4-8-18(14)23(19)15-10-11-20(24)17(13-15)22(25)26/h3,5,7,9-13,24H,2,4,6,8H2,1H3,(H,25,26). The summed E-state index contributed by atoms with van der Waals surface area (Å²) in [6.45, 7) is 0. The summed E-state index contributed by atoms with van der Waals surface area (Å²) in [6.07, 6.45) is 4.20. The second-order valence-corrected chi connectivity index (χ2v) is 6.75. The van der Waals surface area contributed by atoms with Crippen molar-refractivity contribution in [3.05, 3.63) is 65.4 Å². The molecule has 27 heavy (non-hydrogen) atoms. The molecule has 1 aliphatic carbocycles. The SMILES string of the molecule is COc1ccccc1-c1cc2c(n1-c1ccc(O)c(C(=O)O)c1)CCCC2. The minimum absolute atomic E-state index is 0.100. The Morgan fingerprint density at radius 1 is 1.07 bits per heavy atom. The Bertz CT molecular complexity index is 1020. The molecule has 3 aromatic rings. The molecule has 0 aliphatic heterocycles. The van der Waals surface area contributed by atoms with Crippen LogP contribution in [0.1, 0.15) is 34.5 Å². The molecule has 1 heterocycles. The highest BCUT2D eigenvalue weighted by Crippen LogP contribution is 2.38. The van der Waals surface area contributed by atoms with E-state index in [1.807, 2.05) is 24.3 Å². The van der Waals surface area contributed by atoms with E-state index >= 15 is 0 Å². The molecule has 2 aromatic carbocycles. The van der Waals surface area contributed by atoms with E-state index in [0.29, 0.717) is 0 Å². The molecule has 0 saturated carbocycles. The lowest BCUT2D eigenvalue weighted by atomic mass is 9.98. The number of para-hydroxylation sites is 1. The number of methoxy groups -OCH3 is 1. The number of hydrogen-bond donors (Lipinski definition) is 2. The molecule has 4 rings (SSSR count). The van der Waals surface area contributed by atoms with Crippen molar-refractivity contribution in [3.63, 3.8) is 0 Å². The number of aryl methyl sites for hydroxylation is 1. The van der Waals surface area contributed by atoms with E-state index in [-0.39, 0.29) is 11.3 Å². The highest BCUT2D eigenvalue weighted by atomic mass is 16.5. The van der Waals surface area contributed by atoms with Gasteiger partial charge >= 0.3 is 5.97 Å². The Morgan fingerprint density at radius 3 is 2.63 bits per heavy atom. The first-order chi connectivity index (χ1) is 13.1. The van der Waals surface area contributed by atoms with Crippen LogP contribution >= 0.6 is 0 Å². The van der Waals surface area contributed by atoms with Gasteiger partial charge in [-0.05, 0) is 67.6 Å². The van der Waals surface area contributed by atoms with E-state index in [1.54, 1.807) is 13.2 Å². The molecule has 0 amide bonds. The van der Waals surface area contributed by atoms with Crippen LogP contribution in [0.2, 0.25) is 0 Å². The molecule has 138 valence electrons. The van der Waals surface area contributed by atoms with Crippen molar-refractivity contribution >= 4 is 5.97 Å². The quantitative estimate of drug-likeness (QED) is 0.719. The monoisotopic (exact) mass is 363 g/mol. The second kappa shape index (κ2) is 6.83. The zero-order valence-electron chi connectivity index (χ0n) is 15.1. The van der Waals surface area contributed by atoms with E-state index in [2.05, 4.69) is 10.6 Å². The first-order valence-corrected chi connectivity index (χ1v) is 9.03. The van der Waals surface area contributed by atoms with Crippen molar-refractivity contribution in [1.29, 1.82) is 0 Å². The molecule has 0 radical (unpaired) electrons. The lowest BCUT2D eigenvalue weighted by Crippen LogP contribution is -2.09. The summed E-state index contributed by atoms with van der Waals surface area (Å²) in [5.74, 6) is -0.605. The molecule has 0 unspecified atom stereocenters. The van der Waals surface area contributed by atoms with E-state index in [0.717, 1.165) is 48.4 Å². The summed E-state index contributed by atoms with van der Waals surface area (Å²) in [4.78, 5) is 11.5. The number of rotatable bonds is 4. The molecule has 0 saturated heterocycles. The minimum atomic E-state index is -1.14. The molecule has 0 fully saturated rings. The molecule has 1 aromatic heterocycles. The van der Waals surface area contributed by atoms with Crippen LogP contribution in [-0.2, 0) is 12.8 Å². The van der Waals surface area contributed by atoms with Crippen molar-refractivity contribution < 1.29 is 19.7 Å². The van der Waals surface area contributed by atoms with Crippen LogP contribution in [0.15, 0.2) is 48.5 Å². The molecule has 5 heteroatoms. The van der Waals surface area contributed by atoms with Gasteiger partial charge in [-0.1, -0.05) is 12.1 Å². The lowest BCUT2D eigenvalue weighted by Gasteiger charge is -2.19. The molecule has 0 atom stereocenters. The number of carboxylic acids is 1. The predicted molar refractivity (Wildman–Crippen MR) is 103 cm³/mol. The fourth-order valence-corrected chi connectivity index (χ4v) is 3.88. The third kappa shape index (κ3) is 2.95. The zero-order valence-corrected chi connectivity index (χ0v) is 15.1. The maximum atomic E-state index is 11.5. The van der Waals surface area contributed by atoms with Gasteiger partial charge < -0.3 is 19.5 Å². The number of ether oxygens (including phenoxy) is 1. The van der Waals surface area contributed by atoms with Crippen LogP contribution in [0.25, 0.3) is 16.9 Å². The summed E-state index contributed by atoms with van der Waals surface area (Å²) < 4.78 is 7.67. The van der Waals surface area contributed by atoms with Gasteiger partial charge in [0, 0.05) is 16.9 Å². The summed E-state index contributed by atoms with van der Waals surface area (Å²) in [6, 6.07) is 14.7. The van der Waals surface area contributed by atoms with Crippen LogP contribution < -0.4 is 4.74 Å². The highest BCUT2D eigenvalue weighted by molar-refractivity contribution is 5.91. The summed E-state index contributed by atoms with van der Waals surface area (Å²) in [5.41, 5.74) is 5.04. The topological polar surface area (TPSA) is 71.7 Å². The third-order valence-corrected chi connectivity index (χ3v) is 5.15. The smallest absolute Gasteiger partial charge is 0.339 e. The van der Waals surface area contributed by atoms with E-state index < -0.39 is 5.97 Å². The number of aromatic carboxylic acids is 1. The van der Waals surface area contributed by atoms with Gasteiger partial charge in [-0.25, -0.2) is 4.79 Å². The first kappa shape index (κ1) is 17.2. The molecular formula is C22H21NO4. The van der Waals surface area contributed by atoms with Crippen molar-refractivity contribution in [2.45, 2.75) is 25.7 Å². The molecule has 5 nitrogen and oxygen atoms in total. The molecule has 0 spiro atoms. The Hall–Kier alpha value is -3.21. The average molecular weight is 363 g/mol. The fraction of sp³-hybridized carbons (Fsp3) is 0.227. The van der Waals surface area contributed by atoms with Crippen molar-refractivity contribution in [3.8, 4) is 28.4 Å². The Kier molecular flexibility index (Phi) is 4.36. The number of phenols is 1. The molecule has 2 N–H and O–H groups in total. The maximum absolute atomic E-state index is 11.5. The largest absolute Gasteiger partial charge is 0.507 e. The minimum Gasteiger partial charge on any atom is -0.507 e. The number of nitrogens with zero attached hydrogens (tertiary/aromatic N) is 1. The number of carbonyl (C=O) groups is 1. The van der Waals surface area contributed by atoms with Gasteiger partial charge in [0.05, 0.1) is 12.8 Å². The Labute approximate surface area is 157 Å². The van der Waals surface area contributed by atoms with Gasteiger partial charge in [-0.3, -0.25) is 0 Å². The Balaban J connectivity index is 1.99. The Morgan fingerprint density at radius 2 is 1.85 bits per heavy atom. The van der Waals surface area contributed by atoms with Crippen molar-refractivity contribution in [2.75, 3.05) is 7.11 Å². The van der Waals surface area contributed by atoms with Crippen molar-refractivity contribution in [2.24, 2.45) is 0 Å². The van der Waals surface area contributed by atoms with Crippen LogP contribution in [-0.4, -0.2) is 27.9 Å². The lowest BCUT2D eigenvalue weighted by molar-refractivity contribution is 0.0693. The van der Waals surface area contributed by atoms with Gasteiger partial charge in [0.1, 0.15) is 17.1 Å². The van der Waals surface area contributed by atoms with E-state index in [1.165, 1.54) is 23.4 Å². The molecular weight excluding hydrogens is 342 g/mol. The van der Waals surface area contributed by atoms with Crippen LogP contribution in [0.5, 0.6) is 11.5 Å². The predicted octanol–water partition coefficient (Wildman–Crippen LogP) is 4.44. The maximum Gasteiger partial charge on any atom is 0.339 e. The summed E-state index contributed by atoms with van der Waals surface area (Å²) >= 11 is 0. The summed E-state index contributed by atoms with van der Waals surface area (Å²) in [5, 5.41) is 19.3. The first-order valence-electron chi connectivity index (χ1n) is 9.03. The highest BCUT2D eigenvalue weighted by Gasteiger charge is 2.23. The second-order valence-electron chi connectivity index (χ2n) is 6.75. The molecule has 1 aliphatic rings. The van der Waals surface area contributed by atoms with Gasteiger partial charge in [-0.15, -0.1) is 0 Å². The zero-order chi connectivity index (χ0) is 19.0. The fourth-order valence-electron chi connectivity index (χ4n) is 3.88. The number of aromatic nitrogens is 1. The number of aromatic hydroxyl groups is 1. The van der Waals surface area contributed by atoms with Crippen LogP contribution in [0.4, 0.5) is 0 Å². The number of carboxylic acid groups (broad SMARTS) is 1. The van der Waals surface area contributed by atoms with Gasteiger partial charge in [0.25, 0.3) is 0 Å². The average Bonchev–Trinajstić information content (AvgIpc) is 3.07. The summed E-state index contributed by atoms with van der Waals surface area (Å²) in [7, 11) is 1.65. The molecule has 0 bridgehead atoms. The van der Waals surface area contributed by atoms with Gasteiger partial charge in [-0.2, -0.15) is 0 Å². The number of hydrogen-bond acceptors (Lipinski definition) is 3. The van der Waals surface area contributed by atoms with E-state index in [4.69, 9.17) is 4.74 Å². The van der Waals surface area contributed by atoms with Crippen LogP contribution in [0.3, 0.4) is 0 Å². The number of benzene rings is 2.